The molecule has 0 aliphatic carbocycles. The number of rotatable bonds is 13. The van der Waals surface area contributed by atoms with Gasteiger partial charge in [0.25, 0.3) is 10.1 Å². The third-order valence-corrected chi connectivity index (χ3v) is 13.3. The van der Waals surface area contributed by atoms with Crippen molar-refractivity contribution in [2.45, 2.75) is 96.7 Å². The second-order valence-electron chi connectivity index (χ2n) is 13.0. The lowest BCUT2D eigenvalue weighted by Crippen LogP contribution is -2.43. The predicted octanol–water partition coefficient (Wildman–Crippen LogP) is 7.49. The van der Waals surface area contributed by atoms with Crippen LogP contribution < -0.4 is 4.43 Å². The first-order valence-corrected chi connectivity index (χ1v) is 19.8. The minimum Gasteiger partial charge on any atom is -0.543 e. The number of hydrogen-bond acceptors (Lipinski definition) is 7. The van der Waals surface area contributed by atoms with Gasteiger partial charge in [0.2, 0.25) is 8.32 Å². The smallest absolute Gasteiger partial charge is 0.264 e. The van der Waals surface area contributed by atoms with Crippen molar-refractivity contribution in [2.75, 3.05) is 26.1 Å². The summed E-state index contributed by atoms with van der Waals surface area (Å²) in [6, 6.07) is 14.9. The Morgan fingerprint density at radius 1 is 1.12 bits per heavy atom. The van der Waals surface area contributed by atoms with Crippen molar-refractivity contribution in [3.05, 3.63) is 48.0 Å². The SMILES string of the molecule is CC(CCOCCCc1cccc(-c2nn(C3CCCCO3)c3ccc(O[Si](C)(C)C(C)(C)C)cc23)c1)OS(C)(=O)=O. The number of fused-ring (bicyclic) bond motifs is 1. The van der Waals surface area contributed by atoms with Gasteiger partial charge < -0.3 is 13.9 Å². The van der Waals surface area contributed by atoms with Crippen molar-refractivity contribution in [3.8, 4) is 17.0 Å². The summed E-state index contributed by atoms with van der Waals surface area (Å²) in [4.78, 5) is 0. The molecule has 1 aliphatic rings. The molecule has 0 amide bonds. The maximum Gasteiger partial charge on any atom is 0.264 e. The fourth-order valence-electron chi connectivity index (χ4n) is 4.93. The number of aryl methyl sites for hydroxylation is 1. The molecule has 2 unspecified atom stereocenters. The number of benzene rings is 2. The number of hydrogen-bond donors (Lipinski definition) is 0. The summed E-state index contributed by atoms with van der Waals surface area (Å²) in [6.45, 7) is 14.9. The summed E-state index contributed by atoms with van der Waals surface area (Å²) < 4.78 is 48.1. The highest BCUT2D eigenvalue weighted by Gasteiger charge is 2.39. The molecule has 232 valence electrons. The molecular weight excluding hydrogens is 569 g/mol. The van der Waals surface area contributed by atoms with E-state index in [4.69, 9.17) is 23.2 Å². The molecule has 1 aliphatic heterocycles. The van der Waals surface area contributed by atoms with Gasteiger partial charge >= 0.3 is 0 Å². The zero-order valence-electron chi connectivity index (χ0n) is 26.3. The van der Waals surface area contributed by atoms with Crippen LogP contribution in [0.5, 0.6) is 5.75 Å². The van der Waals surface area contributed by atoms with Crippen molar-refractivity contribution < 1.29 is 26.5 Å². The molecule has 2 aromatic carbocycles. The lowest BCUT2D eigenvalue weighted by Gasteiger charge is -2.36. The van der Waals surface area contributed by atoms with Crippen LogP contribution in [0.4, 0.5) is 0 Å². The molecule has 3 aromatic rings. The van der Waals surface area contributed by atoms with E-state index in [2.05, 4.69) is 81.0 Å². The molecule has 2 atom stereocenters. The highest BCUT2D eigenvalue weighted by molar-refractivity contribution is 7.86. The third kappa shape index (κ3) is 8.66. The maximum atomic E-state index is 11.2. The summed E-state index contributed by atoms with van der Waals surface area (Å²) in [5.74, 6) is 0.893. The first-order valence-electron chi connectivity index (χ1n) is 15.1. The van der Waals surface area contributed by atoms with Crippen LogP contribution in [0, 0.1) is 0 Å². The molecule has 1 aromatic heterocycles. The Balaban J connectivity index is 1.51. The quantitative estimate of drug-likeness (QED) is 0.112. The molecule has 1 saturated heterocycles. The summed E-state index contributed by atoms with van der Waals surface area (Å²) in [7, 11) is -5.45. The van der Waals surface area contributed by atoms with Crippen LogP contribution in [0.25, 0.3) is 22.2 Å². The predicted molar refractivity (Wildman–Crippen MR) is 171 cm³/mol. The minimum atomic E-state index is -3.44. The Labute approximate surface area is 252 Å². The highest BCUT2D eigenvalue weighted by atomic mass is 32.2. The van der Waals surface area contributed by atoms with Gasteiger partial charge in [0.15, 0.2) is 6.23 Å². The van der Waals surface area contributed by atoms with Gasteiger partial charge in [0.05, 0.1) is 17.9 Å². The standard InChI is InChI=1S/C32H48N2O6SSi/c1-24(39-41(5,35)36)18-21-37-19-11-13-25-12-10-14-26(22-25)31-28-23-27(40-42(6,7)32(2,3)4)16-17-29(28)34(33-31)30-15-8-9-20-38-30/h10,12,14,16-17,22-24,30H,8-9,11,13,15,18-21H2,1-7H3. The molecule has 0 bridgehead atoms. The van der Waals surface area contributed by atoms with E-state index in [0.29, 0.717) is 19.6 Å². The van der Waals surface area contributed by atoms with E-state index in [0.717, 1.165) is 72.9 Å². The monoisotopic (exact) mass is 616 g/mol. The molecular formula is C32H48N2O6SSi. The van der Waals surface area contributed by atoms with Gasteiger partial charge in [0, 0.05) is 30.8 Å². The van der Waals surface area contributed by atoms with Crippen LogP contribution in [0.2, 0.25) is 18.1 Å². The topological polar surface area (TPSA) is 88.9 Å². The van der Waals surface area contributed by atoms with Crippen LogP contribution in [-0.4, -0.2) is 58.7 Å². The van der Waals surface area contributed by atoms with Gasteiger partial charge in [-0.05, 0) is 93.4 Å². The molecule has 0 spiro atoms. The van der Waals surface area contributed by atoms with E-state index in [1.807, 2.05) is 0 Å². The Kier molecular flexibility index (Phi) is 10.6. The second kappa shape index (κ2) is 13.6. The van der Waals surface area contributed by atoms with Crippen LogP contribution in [0.1, 0.15) is 71.6 Å². The van der Waals surface area contributed by atoms with E-state index in [9.17, 15) is 8.42 Å². The van der Waals surface area contributed by atoms with E-state index in [-0.39, 0.29) is 11.3 Å². The van der Waals surface area contributed by atoms with Crippen LogP contribution in [0.15, 0.2) is 42.5 Å². The lowest BCUT2D eigenvalue weighted by molar-refractivity contribution is -0.0365. The zero-order chi connectivity index (χ0) is 30.5. The number of ether oxygens (including phenoxy) is 2. The average Bonchev–Trinajstić information content (AvgIpc) is 3.28. The molecule has 8 nitrogen and oxygen atoms in total. The Bertz CT molecular complexity index is 1440. The molecule has 0 radical (unpaired) electrons. The van der Waals surface area contributed by atoms with Gasteiger partial charge in [0.1, 0.15) is 11.4 Å². The first kappa shape index (κ1) is 32.7. The second-order valence-corrected chi connectivity index (χ2v) is 19.3. The molecule has 42 heavy (non-hydrogen) atoms. The van der Waals surface area contributed by atoms with Gasteiger partial charge in [-0.15, -0.1) is 0 Å². The Morgan fingerprint density at radius 3 is 2.60 bits per heavy atom. The van der Waals surface area contributed by atoms with Crippen LogP contribution >= 0.6 is 0 Å². The van der Waals surface area contributed by atoms with Crippen molar-refractivity contribution in [1.82, 2.24) is 9.78 Å². The Morgan fingerprint density at radius 2 is 1.90 bits per heavy atom. The van der Waals surface area contributed by atoms with Gasteiger partial charge in [-0.1, -0.05) is 39.0 Å². The molecule has 10 heteroatoms. The molecule has 0 saturated carbocycles. The Hall–Kier alpha value is -2.24. The molecule has 2 heterocycles. The maximum absolute atomic E-state index is 11.2. The molecule has 1 fully saturated rings. The van der Waals surface area contributed by atoms with Crippen LogP contribution in [0.3, 0.4) is 0 Å². The van der Waals surface area contributed by atoms with Gasteiger partial charge in [-0.2, -0.15) is 13.5 Å². The van der Waals surface area contributed by atoms with E-state index >= 15 is 0 Å². The highest BCUT2D eigenvalue weighted by Crippen LogP contribution is 2.40. The fourth-order valence-corrected chi connectivity index (χ4v) is 6.65. The normalized spacial score (nSPS) is 17.5. The fraction of sp³-hybridized carbons (Fsp3) is 0.594. The number of nitrogens with zero attached hydrogens (tertiary/aromatic N) is 2. The number of aromatic nitrogens is 2. The van der Waals surface area contributed by atoms with Crippen molar-refractivity contribution in [1.29, 1.82) is 0 Å². The lowest BCUT2D eigenvalue weighted by atomic mass is 10.0. The summed E-state index contributed by atoms with van der Waals surface area (Å²) in [5, 5.41) is 6.32. The summed E-state index contributed by atoms with van der Waals surface area (Å²) >= 11 is 0. The van der Waals surface area contributed by atoms with Crippen molar-refractivity contribution >= 4 is 29.3 Å². The summed E-state index contributed by atoms with van der Waals surface area (Å²) in [6.07, 6.45) is 6.06. The van der Waals surface area contributed by atoms with E-state index < -0.39 is 24.5 Å². The first-order chi connectivity index (χ1) is 19.7. The zero-order valence-corrected chi connectivity index (χ0v) is 28.1. The third-order valence-electron chi connectivity index (χ3n) is 8.25. The van der Waals surface area contributed by atoms with E-state index in [1.165, 1.54) is 5.56 Å². The molecule has 4 rings (SSSR count). The largest absolute Gasteiger partial charge is 0.543 e. The van der Waals surface area contributed by atoms with Crippen molar-refractivity contribution in [3.63, 3.8) is 0 Å². The van der Waals surface area contributed by atoms with Gasteiger partial charge in [-0.3, -0.25) is 4.18 Å². The van der Waals surface area contributed by atoms with Crippen LogP contribution in [-0.2, 0) is 30.2 Å². The van der Waals surface area contributed by atoms with Gasteiger partial charge in [-0.25, -0.2) is 4.68 Å². The van der Waals surface area contributed by atoms with E-state index in [1.54, 1.807) is 6.92 Å². The average molecular weight is 617 g/mol. The summed E-state index contributed by atoms with van der Waals surface area (Å²) in [5.41, 5.74) is 4.30. The minimum absolute atomic E-state index is 0.0620. The van der Waals surface area contributed by atoms with Crippen molar-refractivity contribution in [2.24, 2.45) is 0 Å². The molecule has 0 N–H and O–H groups in total.